The second-order valence-corrected chi connectivity index (χ2v) is 6.09. The first kappa shape index (κ1) is 13.9. The van der Waals surface area contributed by atoms with E-state index in [0.29, 0.717) is 5.92 Å². The van der Waals surface area contributed by atoms with E-state index in [0.717, 1.165) is 25.0 Å². The van der Waals surface area contributed by atoms with E-state index in [1.807, 2.05) is 0 Å². The molecule has 1 aliphatic heterocycles. The van der Waals surface area contributed by atoms with Crippen LogP contribution in [0.15, 0.2) is 60.8 Å². The van der Waals surface area contributed by atoms with Crippen molar-refractivity contribution >= 4 is 5.69 Å². The van der Waals surface area contributed by atoms with Gasteiger partial charge >= 0.3 is 0 Å². The molecule has 0 saturated heterocycles. The summed E-state index contributed by atoms with van der Waals surface area (Å²) in [5.41, 5.74) is 6.66. The zero-order valence-electron chi connectivity index (χ0n) is 12.7. The molecule has 1 heterocycles. The van der Waals surface area contributed by atoms with Crippen LogP contribution in [0.25, 0.3) is 0 Å². The number of anilines is 1. The number of allylic oxidation sites excluding steroid dienone is 1. The van der Waals surface area contributed by atoms with Crippen molar-refractivity contribution in [2.75, 3.05) is 5.32 Å². The van der Waals surface area contributed by atoms with Crippen molar-refractivity contribution in [1.29, 1.82) is 0 Å². The fraction of sp³-hybridized carbons (Fsp3) is 0.300. The summed E-state index contributed by atoms with van der Waals surface area (Å²) in [6.07, 6.45) is 4.51. The molecule has 1 unspecified atom stereocenters. The quantitative estimate of drug-likeness (QED) is 0.803. The van der Waals surface area contributed by atoms with E-state index in [4.69, 9.17) is 0 Å². The molecule has 0 bridgehead atoms. The van der Waals surface area contributed by atoms with Gasteiger partial charge in [0.25, 0.3) is 0 Å². The minimum atomic E-state index is 0.554. The van der Waals surface area contributed by atoms with Crippen molar-refractivity contribution in [2.45, 2.75) is 38.5 Å². The Morgan fingerprint density at radius 1 is 1.10 bits per heavy atom. The minimum Gasteiger partial charge on any atom is -0.359 e. The Hall–Kier alpha value is -2.02. The molecular formula is C20H23N. The van der Waals surface area contributed by atoms with Gasteiger partial charge < -0.3 is 5.32 Å². The fourth-order valence-electron chi connectivity index (χ4n) is 3.10. The van der Waals surface area contributed by atoms with Gasteiger partial charge in [0.2, 0.25) is 0 Å². The highest BCUT2D eigenvalue weighted by Crippen LogP contribution is 2.28. The molecule has 2 aromatic rings. The summed E-state index contributed by atoms with van der Waals surface area (Å²) < 4.78 is 0. The van der Waals surface area contributed by atoms with Crippen molar-refractivity contribution in [3.8, 4) is 0 Å². The predicted molar refractivity (Wildman–Crippen MR) is 90.7 cm³/mol. The van der Waals surface area contributed by atoms with Crippen LogP contribution < -0.4 is 5.32 Å². The lowest BCUT2D eigenvalue weighted by molar-refractivity contribution is 0.757. The van der Waals surface area contributed by atoms with Crippen molar-refractivity contribution in [1.82, 2.24) is 0 Å². The molecule has 3 rings (SSSR count). The van der Waals surface area contributed by atoms with Gasteiger partial charge in [-0.2, -0.15) is 0 Å². The Morgan fingerprint density at radius 3 is 2.71 bits per heavy atom. The van der Waals surface area contributed by atoms with Gasteiger partial charge in [-0.25, -0.2) is 0 Å². The van der Waals surface area contributed by atoms with Crippen molar-refractivity contribution < 1.29 is 0 Å². The van der Waals surface area contributed by atoms with Gasteiger partial charge in [-0.3, -0.25) is 0 Å². The monoisotopic (exact) mass is 277 g/mol. The van der Waals surface area contributed by atoms with Crippen LogP contribution in [0.3, 0.4) is 0 Å². The topological polar surface area (TPSA) is 12.0 Å². The molecule has 1 atom stereocenters. The van der Waals surface area contributed by atoms with Gasteiger partial charge in [0.15, 0.2) is 0 Å². The summed E-state index contributed by atoms with van der Waals surface area (Å²) in [5.74, 6) is 0.554. The molecule has 0 radical (unpaired) electrons. The number of fused-ring (bicyclic) bond motifs is 1. The minimum absolute atomic E-state index is 0.554. The van der Waals surface area contributed by atoms with Crippen LogP contribution in [-0.2, 0) is 12.8 Å². The number of benzene rings is 2. The average molecular weight is 277 g/mol. The molecule has 2 aromatic carbocycles. The third-order valence-electron chi connectivity index (χ3n) is 4.32. The highest BCUT2D eigenvalue weighted by molar-refractivity contribution is 5.57. The molecule has 0 saturated carbocycles. The van der Waals surface area contributed by atoms with Gasteiger partial charge in [0.05, 0.1) is 0 Å². The molecule has 0 spiro atoms. The summed E-state index contributed by atoms with van der Waals surface area (Å²) in [4.78, 5) is 0. The molecule has 0 aromatic heterocycles. The lowest BCUT2D eigenvalue weighted by Gasteiger charge is -2.14. The Balaban J connectivity index is 1.78. The van der Waals surface area contributed by atoms with E-state index >= 15 is 0 Å². The highest BCUT2D eigenvalue weighted by atomic mass is 14.9. The maximum absolute atomic E-state index is 4.07. The predicted octanol–water partition coefficient (Wildman–Crippen LogP) is 5.29. The van der Waals surface area contributed by atoms with Crippen molar-refractivity contribution in [3.63, 3.8) is 0 Å². The van der Waals surface area contributed by atoms with E-state index in [1.165, 1.54) is 28.8 Å². The van der Waals surface area contributed by atoms with E-state index in [2.05, 4.69) is 67.4 Å². The first-order valence-electron chi connectivity index (χ1n) is 7.84. The summed E-state index contributed by atoms with van der Waals surface area (Å²) >= 11 is 0. The first-order valence-corrected chi connectivity index (χ1v) is 7.84. The van der Waals surface area contributed by atoms with Crippen molar-refractivity contribution in [2.24, 2.45) is 0 Å². The number of nitrogens with one attached hydrogen (secondary N) is 1. The second-order valence-electron chi connectivity index (χ2n) is 6.09. The van der Waals surface area contributed by atoms with Gasteiger partial charge in [0, 0.05) is 11.4 Å². The molecule has 0 amide bonds. The van der Waals surface area contributed by atoms with Crippen LogP contribution in [0.1, 0.15) is 42.4 Å². The summed E-state index contributed by atoms with van der Waals surface area (Å²) in [6, 6.07) is 17.6. The van der Waals surface area contributed by atoms with E-state index in [1.54, 1.807) is 0 Å². The van der Waals surface area contributed by atoms with Gasteiger partial charge in [-0.1, -0.05) is 56.0 Å². The van der Waals surface area contributed by atoms with Gasteiger partial charge in [-0.05, 0) is 54.4 Å². The molecule has 1 nitrogen and oxygen atoms in total. The van der Waals surface area contributed by atoms with Crippen LogP contribution in [-0.4, -0.2) is 0 Å². The highest BCUT2D eigenvalue weighted by Gasteiger charge is 2.12. The molecule has 1 N–H and O–H groups in total. The molecule has 1 aliphatic rings. The standard InChI is InChI=1S/C20H23N/c1-15(18-8-4-3-5-9-18)13-17-11-12-20-19(14-17)10-6-7-16(2)21-20/h3-5,8-9,11-12,14-15,21H,2,6-7,10,13H2,1H3. The average Bonchev–Trinajstić information content (AvgIpc) is 2.68. The largest absolute Gasteiger partial charge is 0.359 e. The maximum Gasteiger partial charge on any atom is 0.0414 e. The Bertz CT molecular complexity index is 628. The Morgan fingerprint density at radius 2 is 1.90 bits per heavy atom. The van der Waals surface area contributed by atoms with Gasteiger partial charge in [-0.15, -0.1) is 0 Å². The number of aryl methyl sites for hydroxylation is 1. The zero-order valence-corrected chi connectivity index (χ0v) is 12.7. The second kappa shape index (κ2) is 6.17. The Labute approximate surface area is 127 Å². The van der Waals surface area contributed by atoms with Crippen LogP contribution in [0.4, 0.5) is 5.69 Å². The molecule has 21 heavy (non-hydrogen) atoms. The van der Waals surface area contributed by atoms with Crippen molar-refractivity contribution in [3.05, 3.63) is 77.5 Å². The number of rotatable bonds is 3. The third kappa shape index (κ3) is 3.36. The Kier molecular flexibility index (Phi) is 4.10. The summed E-state index contributed by atoms with van der Waals surface area (Å²) in [5, 5.41) is 3.44. The first-order chi connectivity index (χ1) is 10.2. The molecule has 0 aliphatic carbocycles. The van der Waals surface area contributed by atoms with Crippen LogP contribution in [0.2, 0.25) is 0 Å². The lowest BCUT2D eigenvalue weighted by atomic mass is 9.92. The van der Waals surface area contributed by atoms with E-state index < -0.39 is 0 Å². The van der Waals surface area contributed by atoms with Crippen LogP contribution in [0.5, 0.6) is 0 Å². The smallest absolute Gasteiger partial charge is 0.0414 e. The summed E-state index contributed by atoms with van der Waals surface area (Å²) in [7, 11) is 0. The van der Waals surface area contributed by atoms with E-state index in [9.17, 15) is 0 Å². The molecule has 108 valence electrons. The van der Waals surface area contributed by atoms with Gasteiger partial charge in [0.1, 0.15) is 0 Å². The fourth-order valence-corrected chi connectivity index (χ4v) is 3.10. The van der Waals surface area contributed by atoms with Crippen LogP contribution in [0, 0.1) is 0 Å². The normalized spacial score (nSPS) is 15.8. The number of hydrogen-bond acceptors (Lipinski definition) is 1. The zero-order chi connectivity index (χ0) is 14.7. The lowest BCUT2D eigenvalue weighted by Crippen LogP contribution is -2.01. The number of hydrogen-bond donors (Lipinski definition) is 1. The molecule has 0 fully saturated rings. The third-order valence-corrected chi connectivity index (χ3v) is 4.32. The van der Waals surface area contributed by atoms with Crippen LogP contribution >= 0.6 is 0 Å². The summed E-state index contributed by atoms with van der Waals surface area (Å²) in [6.45, 7) is 6.38. The SMILES string of the molecule is C=C1CCCc2cc(CC(C)c3ccccc3)ccc2N1. The maximum atomic E-state index is 4.07. The molecular weight excluding hydrogens is 254 g/mol. The van der Waals surface area contributed by atoms with E-state index in [-0.39, 0.29) is 0 Å². The molecule has 1 heteroatoms.